The molecule has 0 heterocycles. The summed E-state index contributed by atoms with van der Waals surface area (Å²) >= 11 is 0. The molecule has 0 aliphatic heterocycles. The molecular formula is C12H21NO2. The highest BCUT2D eigenvalue weighted by atomic mass is 16.2. The molecule has 3 nitrogen and oxygen atoms in total. The molecule has 3 heteroatoms. The van der Waals surface area contributed by atoms with Gasteiger partial charge in [0, 0.05) is 19.4 Å². The van der Waals surface area contributed by atoms with Crippen LogP contribution in [0, 0.1) is 11.8 Å². The first kappa shape index (κ1) is 12.2. The molecule has 2 unspecified atom stereocenters. The predicted octanol–water partition coefficient (Wildman–Crippen LogP) is 1.91. The molecule has 0 radical (unpaired) electrons. The van der Waals surface area contributed by atoms with Crippen LogP contribution in [0.3, 0.4) is 0 Å². The first-order valence-corrected chi connectivity index (χ1v) is 5.85. The normalized spacial score (nSPS) is 25.2. The van der Waals surface area contributed by atoms with Crippen molar-refractivity contribution < 1.29 is 9.59 Å². The van der Waals surface area contributed by atoms with Crippen LogP contribution in [0.4, 0.5) is 0 Å². The molecule has 1 fully saturated rings. The maximum atomic E-state index is 11.3. The van der Waals surface area contributed by atoms with Gasteiger partial charge >= 0.3 is 0 Å². The van der Waals surface area contributed by atoms with Crippen molar-refractivity contribution in [2.45, 2.75) is 46.0 Å². The van der Waals surface area contributed by atoms with Gasteiger partial charge in [-0.2, -0.15) is 0 Å². The minimum atomic E-state index is 0.0179. The molecule has 1 aliphatic rings. The minimum absolute atomic E-state index is 0.0179. The van der Waals surface area contributed by atoms with Crippen LogP contribution < -0.4 is 5.32 Å². The second-order valence-corrected chi connectivity index (χ2v) is 4.67. The van der Waals surface area contributed by atoms with Crippen LogP contribution in [0.5, 0.6) is 0 Å². The SMILES string of the molecule is CC(=O)CCC(=O)NCC1CCCC1C. The molecule has 1 N–H and O–H groups in total. The van der Waals surface area contributed by atoms with E-state index in [1.54, 1.807) is 0 Å². The number of ketones is 1. The van der Waals surface area contributed by atoms with Crippen molar-refractivity contribution in [3.05, 3.63) is 0 Å². The lowest BCUT2D eigenvalue weighted by molar-refractivity contribution is -0.124. The van der Waals surface area contributed by atoms with E-state index in [2.05, 4.69) is 12.2 Å². The van der Waals surface area contributed by atoms with Gasteiger partial charge in [-0.25, -0.2) is 0 Å². The molecule has 0 saturated heterocycles. The van der Waals surface area contributed by atoms with Gasteiger partial charge in [-0.15, -0.1) is 0 Å². The fourth-order valence-electron chi connectivity index (χ4n) is 2.15. The van der Waals surface area contributed by atoms with Crippen molar-refractivity contribution >= 4 is 11.7 Å². The summed E-state index contributed by atoms with van der Waals surface area (Å²) in [4.78, 5) is 22.0. The van der Waals surface area contributed by atoms with E-state index in [1.165, 1.54) is 26.2 Å². The van der Waals surface area contributed by atoms with E-state index < -0.39 is 0 Å². The Morgan fingerprint density at radius 2 is 2.00 bits per heavy atom. The third-order valence-corrected chi connectivity index (χ3v) is 3.30. The van der Waals surface area contributed by atoms with Gasteiger partial charge in [-0.05, 0) is 25.2 Å². The highest BCUT2D eigenvalue weighted by Crippen LogP contribution is 2.30. The Hall–Kier alpha value is -0.860. The van der Waals surface area contributed by atoms with Gasteiger partial charge in [0.1, 0.15) is 5.78 Å². The number of nitrogens with one attached hydrogen (secondary N) is 1. The van der Waals surface area contributed by atoms with E-state index in [0.29, 0.717) is 18.8 Å². The Morgan fingerprint density at radius 1 is 1.27 bits per heavy atom. The number of Topliss-reactive ketones (excluding diaryl/α,β-unsaturated/α-hetero) is 1. The molecule has 1 saturated carbocycles. The lowest BCUT2D eigenvalue weighted by atomic mass is 9.98. The van der Waals surface area contributed by atoms with Crippen LogP contribution in [0.15, 0.2) is 0 Å². The maximum absolute atomic E-state index is 11.3. The number of rotatable bonds is 5. The predicted molar refractivity (Wildman–Crippen MR) is 59.4 cm³/mol. The molecule has 1 amide bonds. The fourth-order valence-corrected chi connectivity index (χ4v) is 2.15. The molecule has 15 heavy (non-hydrogen) atoms. The average Bonchev–Trinajstić information content (AvgIpc) is 2.58. The Balaban J connectivity index is 2.13. The summed E-state index contributed by atoms with van der Waals surface area (Å²) in [6, 6.07) is 0. The largest absolute Gasteiger partial charge is 0.356 e. The van der Waals surface area contributed by atoms with Gasteiger partial charge in [0.25, 0.3) is 0 Å². The van der Waals surface area contributed by atoms with Crippen molar-refractivity contribution in [3.8, 4) is 0 Å². The molecular weight excluding hydrogens is 190 g/mol. The molecule has 0 aromatic carbocycles. The summed E-state index contributed by atoms with van der Waals surface area (Å²) < 4.78 is 0. The van der Waals surface area contributed by atoms with Crippen LogP contribution in [-0.2, 0) is 9.59 Å². The highest BCUT2D eigenvalue weighted by molar-refractivity contribution is 5.83. The Labute approximate surface area is 91.6 Å². The average molecular weight is 211 g/mol. The van der Waals surface area contributed by atoms with Crippen molar-refractivity contribution in [2.75, 3.05) is 6.54 Å². The Kier molecular flexibility index (Phi) is 4.79. The number of hydrogen-bond donors (Lipinski definition) is 1. The zero-order valence-corrected chi connectivity index (χ0v) is 9.71. The molecule has 1 rings (SSSR count). The van der Waals surface area contributed by atoms with Gasteiger partial charge in [0.2, 0.25) is 5.91 Å². The lowest BCUT2D eigenvalue weighted by Crippen LogP contribution is -2.30. The second kappa shape index (κ2) is 5.89. The summed E-state index contributed by atoms with van der Waals surface area (Å²) in [6.45, 7) is 4.56. The minimum Gasteiger partial charge on any atom is -0.356 e. The molecule has 1 aliphatic carbocycles. The third-order valence-electron chi connectivity index (χ3n) is 3.30. The number of carbonyl (C=O) groups is 2. The summed E-state index contributed by atoms with van der Waals surface area (Å²) in [5.74, 6) is 1.48. The molecule has 0 spiro atoms. The van der Waals surface area contributed by atoms with Gasteiger partial charge in [0.15, 0.2) is 0 Å². The van der Waals surface area contributed by atoms with Crippen molar-refractivity contribution in [2.24, 2.45) is 11.8 Å². The van der Waals surface area contributed by atoms with Crippen LogP contribution in [0.1, 0.15) is 46.0 Å². The quantitative estimate of drug-likeness (QED) is 0.755. The van der Waals surface area contributed by atoms with E-state index in [0.717, 1.165) is 12.5 Å². The standard InChI is InChI=1S/C12H21NO2/c1-9-4-3-5-11(9)8-13-12(15)7-6-10(2)14/h9,11H,3-8H2,1-2H3,(H,13,15). The van der Waals surface area contributed by atoms with E-state index >= 15 is 0 Å². The number of hydrogen-bond acceptors (Lipinski definition) is 2. The van der Waals surface area contributed by atoms with E-state index in [-0.39, 0.29) is 11.7 Å². The second-order valence-electron chi connectivity index (χ2n) is 4.67. The topological polar surface area (TPSA) is 46.2 Å². The van der Waals surface area contributed by atoms with Crippen LogP contribution in [0.25, 0.3) is 0 Å². The monoisotopic (exact) mass is 211 g/mol. The number of carbonyl (C=O) groups excluding carboxylic acids is 2. The first-order valence-electron chi connectivity index (χ1n) is 5.85. The summed E-state index contributed by atoms with van der Waals surface area (Å²) in [7, 11) is 0. The Bertz CT molecular complexity index is 238. The Morgan fingerprint density at radius 3 is 2.53 bits per heavy atom. The van der Waals surface area contributed by atoms with Crippen LogP contribution in [0.2, 0.25) is 0 Å². The molecule has 0 aromatic heterocycles. The van der Waals surface area contributed by atoms with Crippen molar-refractivity contribution in [3.63, 3.8) is 0 Å². The summed E-state index contributed by atoms with van der Waals surface area (Å²) in [5, 5.41) is 2.92. The van der Waals surface area contributed by atoms with Gasteiger partial charge < -0.3 is 10.1 Å². The smallest absolute Gasteiger partial charge is 0.220 e. The van der Waals surface area contributed by atoms with Gasteiger partial charge in [0.05, 0.1) is 0 Å². The van der Waals surface area contributed by atoms with Crippen molar-refractivity contribution in [1.82, 2.24) is 5.32 Å². The van der Waals surface area contributed by atoms with E-state index in [1.807, 2.05) is 0 Å². The summed E-state index contributed by atoms with van der Waals surface area (Å²) in [6.07, 6.45) is 4.51. The summed E-state index contributed by atoms with van der Waals surface area (Å²) in [5.41, 5.74) is 0. The fraction of sp³-hybridized carbons (Fsp3) is 0.833. The maximum Gasteiger partial charge on any atom is 0.220 e. The molecule has 86 valence electrons. The van der Waals surface area contributed by atoms with Gasteiger partial charge in [-0.3, -0.25) is 4.79 Å². The van der Waals surface area contributed by atoms with Crippen molar-refractivity contribution in [1.29, 1.82) is 0 Å². The lowest BCUT2D eigenvalue weighted by Gasteiger charge is -2.15. The highest BCUT2D eigenvalue weighted by Gasteiger charge is 2.23. The van der Waals surface area contributed by atoms with E-state index in [9.17, 15) is 9.59 Å². The molecule has 0 bridgehead atoms. The first-order chi connectivity index (χ1) is 7.09. The van der Waals surface area contributed by atoms with E-state index in [4.69, 9.17) is 0 Å². The third kappa shape index (κ3) is 4.45. The van der Waals surface area contributed by atoms with Crippen LogP contribution in [-0.4, -0.2) is 18.2 Å². The van der Waals surface area contributed by atoms with Gasteiger partial charge in [-0.1, -0.05) is 19.8 Å². The zero-order chi connectivity index (χ0) is 11.3. The molecule has 2 atom stereocenters. The number of amides is 1. The molecule has 0 aromatic rings. The van der Waals surface area contributed by atoms with Crippen LogP contribution >= 0.6 is 0 Å². The zero-order valence-electron chi connectivity index (χ0n) is 9.71.